The van der Waals surface area contributed by atoms with Crippen molar-refractivity contribution in [3.8, 4) is 0 Å². The zero-order valence-electron chi connectivity index (χ0n) is 18.3. The predicted molar refractivity (Wildman–Crippen MR) is 128 cm³/mol. The van der Waals surface area contributed by atoms with Crippen LogP contribution in [0.25, 0.3) is 0 Å². The smallest absolute Gasteiger partial charge is 0.232 e. The number of hydrogen-bond acceptors (Lipinski definition) is 5. The van der Waals surface area contributed by atoms with Crippen LogP contribution in [-0.2, 0) is 9.59 Å². The number of aliphatic hydroxyl groups excluding tert-OH is 1. The summed E-state index contributed by atoms with van der Waals surface area (Å²) < 4.78 is 0. The Bertz CT molecular complexity index is 1110. The van der Waals surface area contributed by atoms with Gasteiger partial charge in [0.05, 0.1) is 5.92 Å². The molecule has 7 nitrogen and oxygen atoms in total. The van der Waals surface area contributed by atoms with Gasteiger partial charge in [0.25, 0.3) is 0 Å². The van der Waals surface area contributed by atoms with E-state index in [2.05, 4.69) is 15.6 Å². The van der Waals surface area contributed by atoms with Crippen LogP contribution in [0.3, 0.4) is 0 Å². The standard InChI is InChI=1S/C25H27ClN4O3/c26-16-8-9-17-20(14-16)28-25(33)23(17)15-10-12-30(13-11-15)22(31)7-3-6-21-27-19-5-2-1-4-18(19)24(32)29-21/h1-2,4-5,8-9,14-15,23-24,32H,3,6-7,10-13H2,(H,27,29)(H,28,33)/t23-,24?/m1/s1. The number of fused-ring (bicyclic) bond motifs is 2. The van der Waals surface area contributed by atoms with Crippen molar-refractivity contribution >= 4 is 40.6 Å². The van der Waals surface area contributed by atoms with Crippen LogP contribution in [0.1, 0.15) is 55.4 Å². The fourth-order valence-electron chi connectivity index (χ4n) is 5.14. The molecule has 3 aliphatic rings. The molecule has 5 rings (SSSR count). The fraction of sp³-hybridized carbons (Fsp3) is 0.400. The highest BCUT2D eigenvalue weighted by molar-refractivity contribution is 6.31. The molecule has 3 aliphatic heterocycles. The second-order valence-corrected chi connectivity index (χ2v) is 9.37. The summed E-state index contributed by atoms with van der Waals surface area (Å²) in [6.45, 7) is 1.34. The molecule has 0 aromatic heterocycles. The first-order valence-electron chi connectivity index (χ1n) is 11.5. The quantitative estimate of drug-likeness (QED) is 0.612. The van der Waals surface area contributed by atoms with Gasteiger partial charge in [-0.15, -0.1) is 0 Å². The number of amides is 2. The Kier molecular flexibility index (Phi) is 6.08. The SMILES string of the molecule is O=C1Nc2cc(Cl)ccc2[C@H]1C1CCN(C(=O)CCCC2=NC(O)c3ccccc3N2)CC1. The first-order chi connectivity index (χ1) is 16.0. The lowest BCUT2D eigenvalue weighted by Crippen LogP contribution is -2.40. The van der Waals surface area contributed by atoms with E-state index in [9.17, 15) is 14.7 Å². The highest BCUT2D eigenvalue weighted by atomic mass is 35.5. The third-order valence-corrected chi connectivity index (χ3v) is 7.09. The van der Waals surface area contributed by atoms with E-state index in [1.165, 1.54) is 0 Å². The summed E-state index contributed by atoms with van der Waals surface area (Å²) in [7, 11) is 0. The van der Waals surface area contributed by atoms with Gasteiger partial charge >= 0.3 is 0 Å². The lowest BCUT2D eigenvalue weighted by atomic mass is 9.80. The molecule has 0 bridgehead atoms. The molecule has 3 N–H and O–H groups in total. The summed E-state index contributed by atoms with van der Waals surface area (Å²) in [4.78, 5) is 31.5. The maximum Gasteiger partial charge on any atom is 0.232 e. The summed E-state index contributed by atoms with van der Waals surface area (Å²) >= 11 is 6.06. The van der Waals surface area contributed by atoms with Gasteiger partial charge < -0.3 is 20.6 Å². The zero-order chi connectivity index (χ0) is 22.9. The molecule has 1 fully saturated rings. The van der Waals surface area contributed by atoms with Crippen LogP contribution < -0.4 is 10.6 Å². The lowest BCUT2D eigenvalue weighted by Gasteiger charge is -2.34. The number of benzene rings is 2. The number of carbonyl (C=O) groups excluding carboxylic acids is 2. The number of aliphatic imine (C=N–C) groups is 1. The lowest BCUT2D eigenvalue weighted by molar-refractivity contribution is -0.132. The number of nitrogens with zero attached hydrogens (tertiary/aromatic N) is 2. The minimum absolute atomic E-state index is 0.0292. The van der Waals surface area contributed by atoms with Crippen LogP contribution in [0.15, 0.2) is 47.5 Å². The summed E-state index contributed by atoms with van der Waals surface area (Å²) in [5.74, 6) is 0.923. The monoisotopic (exact) mass is 466 g/mol. The number of carbonyl (C=O) groups is 2. The zero-order valence-corrected chi connectivity index (χ0v) is 19.0. The van der Waals surface area contributed by atoms with Crippen molar-refractivity contribution in [2.24, 2.45) is 10.9 Å². The number of halogens is 1. The molecule has 172 valence electrons. The Balaban J connectivity index is 1.11. The first kappa shape index (κ1) is 21.9. The van der Waals surface area contributed by atoms with E-state index in [4.69, 9.17) is 11.6 Å². The Hall–Kier alpha value is -2.90. The number of hydrogen-bond donors (Lipinski definition) is 3. The highest BCUT2D eigenvalue weighted by Crippen LogP contribution is 2.42. The van der Waals surface area contributed by atoms with Gasteiger partial charge in [-0.05, 0) is 48.9 Å². The van der Waals surface area contributed by atoms with Crippen LogP contribution >= 0.6 is 11.6 Å². The Labute approximate surface area is 197 Å². The number of anilines is 2. The molecule has 0 radical (unpaired) electrons. The Morgan fingerprint density at radius 2 is 1.88 bits per heavy atom. The molecule has 2 atom stereocenters. The number of amidine groups is 1. The molecule has 0 aliphatic carbocycles. The van der Waals surface area contributed by atoms with Crippen molar-refractivity contribution in [1.82, 2.24) is 4.90 Å². The van der Waals surface area contributed by atoms with Gasteiger partial charge in [-0.1, -0.05) is 35.9 Å². The molecular weight excluding hydrogens is 440 g/mol. The molecule has 2 aromatic rings. The molecule has 2 amide bonds. The van der Waals surface area contributed by atoms with E-state index in [1.807, 2.05) is 41.3 Å². The molecule has 3 heterocycles. The van der Waals surface area contributed by atoms with E-state index in [0.29, 0.717) is 43.2 Å². The molecule has 1 saturated heterocycles. The molecule has 33 heavy (non-hydrogen) atoms. The number of aliphatic hydroxyl groups is 1. The van der Waals surface area contributed by atoms with Gasteiger partial charge in [-0.2, -0.15) is 0 Å². The normalized spacial score (nSPS) is 22.2. The summed E-state index contributed by atoms with van der Waals surface area (Å²) in [6, 6.07) is 13.1. The molecule has 0 spiro atoms. The fourth-order valence-corrected chi connectivity index (χ4v) is 5.32. The Morgan fingerprint density at radius 3 is 2.70 bits per heavy atom. The molecular formula is C25H27ClN4O3. The maximum atomic E-state index is 12.8. The van der Waals surface area contributed by atoms with E-state index in [1.54, 1.807) is 6.07 Å². The van der Waals surface area contributed by atoms with Crippen LogP contribution in [0, 0.1) is 5.92 Å². The number of piperidine rings is 1. The molecule has 0 saturated carbocycles. The van der Waals surface area contributed by atoms with Crippen LogP contribution in [0.2, 0.25) is 5.02 Å². The number of rotatable bonds is 5. The topological polar surface area (TPSA) is 94.0 Å². The summed E-state index contributed by atoms with van der Waals surface area (Å²) in [6.07, 6.45) is 2.47. The number of nitrogens with one attached hydrogen (secondary N) is 2. The third kappa shape index (κ3) is 4.48. The maximum absolute atomic E-state index is 12.8. The molecule has 1 unspecified atom stereocenters. The van der Waals surface area contributed by atoms with Gasteiger partial charge in [0.2, 0.25) is 11.8 Å². The molecule has 8 heteroatoms. The van der Waals surface area contributed by atoms with E-state index in [-0.39, 0.29) is 23.7 Å². The first-order valence-corrected chi connectivity index (χ1v) is 11.9. The average Bonchev–Trinajstić information content (AvgIpc) is 3.14. The van der Waals surface area contributed by atoms with Crippen LogP contribution in [-0.4, -0.2) is 40.7 Å². The molecule has 2 aromatic carbocycles. The van der Waals surface area contributed by atoms with Crippen LogP contribution in [0.5, 0.6) is 0 Å². The number of likely N-dealkylation sites (tertiary alicyclic amines) is 1. The minimum Gasteiger partial charge on any atom is -0.368 e. The third-order valence-electron chi connectivity index (χ3n) is 6.85. The number of para-hydroxylation sites is 1. The van der Waals surface area contributed by atoms with Gasteiger partial charge in [0.15, 0.2) is 6.23 Å². The van der Waals surface area contributed by atoms with Crippen molar-refractivity contribution in [1.29, 1.82) is 0 Å². The average molecular weight is 467 g/mol. The second kappa shape index (κ2) is 9.15. The van der Waals surface area contributed by atoms with Gasteiger partial charge in [0, 0.05) is 47.9 Å². The Morgan fingerprint density at radius 1 is 1.09 bits per heavy atom. The van der Waals surface area contributed by atoms with Crippen LogP contribution in [0.4, 0.5) is 11.4 Å². The second-order valence-electron chi connectivity index (χ2n) is 8.93. The van der Waals surface area contributed by atoms with Crippen molar-refractivity contribution in [2.75, 3.05) is 23.7 Å². The summed E-state index contributed by atoms with van der Waals surface area (Å²) in [5.41, 5.74) is 3.45. The van der Waals surface area contributed by atoms with Crippen molar-refractivity contribution < 1.29 is 14.7 Å². The van der Waals surface area contributed by atoms with E-state index >= 15 is 0 Å². The van der Waals surface area contributed by atoms with Gasteiger partial charge in [-0.3, -0.25) is 9.59 Å². The summed E-state index contributed by atoms with van der Waals surface area (Å²) in [5, 5.41) is 17.0. The van der Waals surface area contributed by atoms with Crippen molar-refractivity contribution in [2.45, 2.75) is 44.2 Å². The van der Waals surface area contributed by atoms with Gasteiger partial charge in [-0.25, -0.2) is 4.99 Å². The largest absolute Gasteiger partial charge is 0.368 e. The van der Waals surface area contributed by atoms with Gasteiger partial charge in [0.1, 0.15) is 5.84 Å². The minimum atomic E-state index is -0.860. The van der Waals surface area contributed by atoms with Crippen molar-refractivity contribution in [3.63, 3.8) is 0 Å². The van der Waals surface area contributed by atoms with E-state index in [0.717, 1.165) is 35.3 Å². The van der Waals surface area contributed by atoms with Crippen molar-refractivity contribution in [3.05, 3.63) is 58.6 Å². The predicted octanol–water partition coefficient (Wildman–Crippen LogP) is 4.30. The highest BCUT2D eigenvalue weighted by Gasteiger charge is 2.38. The van der Waals surface area contributed by atoms with E-state index < -0.39 is 6.23 Å².